The van der Waals surface area contributed by atoms with Crippen LogP contribution in [0.3, 0.4) is 0 Å². The molecule has 16 heavy (non-hydrogen) atoms. The third-order valence-corrected chi connectivity index (χ3v) is 2.07. The van der Waals surface area contributed by atoms with Crippen molar-refractivity contribution in [2.24, 2.45) is 11.6 Å². The quantitative estimate of drug-likeness (QED) is 0.350. The number of carbonyl (C=O) groups is 1. The van der Waals surface area contributed by atoms with Crippen LogP contribution in [0.15, 0.2) is 24.3 Å². The van der Waals surface area contributed by atoms with E-state index in [1.165, 1.54) is 0 Å². The lowest BCUT2D eigenvalue weighted by atomic mass is 10.2. The number of nitrogens with two attached hydrogens (primary N) is 2. The fourth-order valence-corrected chi connectivity index (χ4v) is 1.18. The molecule has 0 aliphatic heterocycles. The molecule has 0 spiro atoms. The van der Waals surface area contributed by atoms with E-state index in [2.05, 4.69) is 12.2 Å². The van der Waals surface area contributed by atoms with Crippen LogP contribution in [0.5, 0.6) is 5.75 Å². The molecule has 4 N–H and O–H groups in total. The highest BCUT2D eigenvalue weighted by Crippen LogP contribution is 2.12. The molecule has 0 aliphatic rings. The van der Waals surface area contributed by atoms with E-state index >= 15 is 0 Å². The summed E-state index contributed by atoms with van der Waals surface area (Å²) in [5.41, 5.74) is 5.64. The number of thiocarbonyl (C=S) groups is 1. The van der Waals surface area contributed by atoms with Crippen LogP contribution in [0.1, 0.15) is 17.3 Å². The molecule has 0 atom stereocenters. The Morgan fingerprint density at radius 2 is 2.00 bits per heavy atom. The highest BCUT2D eigenvalue weighted by Gasteiger charge is 2.14. The predicted octanol–water partition coefficient (Wildman–Crippen LogP) is 0.645. The Labute approximate surface area is 98.9 Å². The zero-order chi connectivity index (χ0) is 12.1. The van der Waals surface area contributed by atoms with Gasteiger partial charge in [0, 0.05) is 5.56 Å². The summed E-state index contributed by atoms with van der Waals surface area (Å²) in [4.78, 5) is 11.6. The molecule has 0 bridgehead atoms. The zero-order valence-electron chi connectivity index (χ0n) is 8.84. The normalized spacial score (nSPS) is 9.62. The number of hydrogen-bond donors (Lipinski definition) is 2. The molecule has 1 amide bonds. The van der Waals surface area contributed by atoms with Crippen LogP contribution >= 0.6 is 12.2 Å². The standard InChI is InChI=1S/C10H13N3O2S/c1-2-15-8-5-3-7(4-6-8)9(14)13(12)10(11)16/h3-6H,2,12H2,1H3,(H2,11,16). The minimum absolute atomic E-state index is 0.168. The SMILES string of the molecule is CCOc1ccc(C(=O)N(N)C(N)=S)cc1. The first-order valence-corrected chi connectivity index (χ1v) is 5.08. The summed E-state index contributed by atoms with van der Waals surface area (Å²) in [5.74, 6) is 5.62. The number of carbonyl (C=O) groups excluding carboxylic acids is 1. The molecular formula is C10H13N3O2S. The zero-order valence-corrected chi connectivity index (χ0v) is 9.66. The maximum atomic E-state index is 11.6. The van der Waals surface area contributed by atoms with Gasteiger partial charge in [-0.25, -0.2) is 10.9 Å². The third-order valence-electron chi connectivity index (χ3n) is 1.87. The van der Waals surface area contributed by atoms with E-state index < -0.39 is 5.91 Å². The first kappa shape index (κ1) is 12.4. The van der Waals surface area contributed by atoms with E-state index in [9.17, 15) is 4.79 Å². The van der Waals surface area contributed by atoms with E-state index in [0.29, 0.717) is 17.9 Å². The van der Waals surface area contributed by atoms with Crippen LogP contribution in [0, 0.1) is 0 Å². The van der Waals surface area contributed by atoms with Crippen molar-refractivity contribution in [1.29, 1.82) is 0 Å². The molecule has 0 aliphatic carbocycles. The summed E-state index contributed by atoms with van der Waals surface area (Å²) in [6.45, 7) is 2.46. The van der Waals surface area contributed by atoms with Gasteiger partial charge in [-0.1, -0.05) is 0 Å². The highest BCUT2D eigenvalue weighted by molar-refractivity contribution is 7.80. The van der Waals surface area contributed by atoms with Gasteiger partial charge in [-0.3, -0.25) is 4.79 Å². The average Bonchev–Trinajstić information content (AvgIpc) is 2.28. The van der Waals surface area contributed by atoms with Gasteiger partial charge in [0.2, 0.25) is 0 Å². The van der Waals surface area contributed by atoms with Crippen LogP contribution in [-0.4, -0.2) is 22.6 Å². The molecule has 0 aromatic heterocycles. The Morgan fingerprint density at radius 1 is 1.44 bits per heavy atom. The van der Waals surface area contributed by atoms with Gasteiger partial charge in [-0.2, -0.15) is 0 Å². The minimum Gasteiger partial charge on any atom is -0.494 e. The van der Waals surface area contributed by atoms with E-state index in [1.54, 1.807) is 24.3 Å². The number of hydrogen-bond acceptors (Lipinski definition) is 4. The van der Waals surface area contributed by atoms with Crippen molar-refractivity contribution in [2.45, 2.75) is 6.92 Å². The molecule has 6 heteroatoms. The average molecular weight is 239 g/mol. The second-order valence-electron chi connectivity index (χ2n) is 2.97. The Balaban J connectivity index is 2.81. The van der Waals surface area contributed by atoms with Crippen molar-refractivity contribution in [3.05, 3.63) is 29.8 Å². The van der Waals surface area contributed by atoms with E-state index in [1.807, 2.05) is 6.92 Å². The summed E-state index contributed by atoms with van der Waals surface area (Å²) in [7, 11) is 0. The van der Waals surface area contributed by atoms with Crippen molar-refractivity contribution < 1.29 is 9.53 Å². The van der Waals surface area contributed by atoms with Crippen LogP contribution in [-0.2, 0) is 0 Å². The summed E-state index contributed by atoms with van der Waals surface area (Å²) >= 11 is 4.60. The molecule has 0 unspecified atom stereocenters. The lowest BCUT2D eigenvalue weighted by Crippen LogP contribution is -2.45. The van der Waals surface area contributed by atoms with E-state index in [4.69, 9.17) is 16.3 Å². The number of ether oxygens (including phenoxy) is 1. The Hall–Kier alpha value is -1.66. The summed E-state index contributed by atoms with van der Waals surface area (Å²) in [5, 5.41) is 0.560. The van der Waals surface area contributed by atoms with Gasteiger partial charge in [0.15, 0.2) is 5.11 Å². The predicted molar refractivity (Wildman–Crippen MR) is 64.8 cm³/mol. The molecule has 1 aromatic carbocycles. The smallest absolute Gasteiger partial charge is 0.274 e. The molecule has 0 saturated heterocycles. The number of nitrogens with zero attached hydrogens (tertiary/aromatic N) is 1. The van der Waals surface area contributed by atoms with Crippen LogP contribution in [0.2, 0.25) is 0 Å². The number of amides is 1. The van der Waals surface area contributed by atoms with Gasteiger partial charge < -0.3 is 10.5 Å². The number of benzene rings is 1. The van der Waals surface area contributed by atoms with Gasteiger partial charge in [0.1, 0.15) is 5.75 Å². The van der Waals surface area contributed by atoms with Crippen molar-refractivity contribution in [3.63, 3.8) is 0 Å². The van der Waals surface area contributed by atoms with Crippen LogP contribution in [0.4, 0.5) is 0 Å². The molecule has 1 rings (SSSR count). The second kappa shape index (κ2) is 5.43. The third kappa shape index (κ3) is 2.91. The van der Waals surface area contributed by atoms with Gasteiger partial charge in [0.05, 0.1) is 6.61 Å². The number of hydrazine groups is 1. The fraction of sp³-hybridized carbons (Fsp3) is 0.200. The van der Waals surface area contributed by atoms with Gasteiger partial charge >= 0.3 is 0 Å². The van der Waals surface area contributed by atoms with Crippen molar-refractivity contribution in [3.8, 4) is 5.75 Å². The largest absolute Gasteiger partial charge is 0.494 e. The Kier molecular flexibility index (Phi) is 4.21. The molecule has 0 fully saturated rings. The monoisotopic (exact) mass is 239 g/mol. The fourth-order valence-electron chi connectivity index (χ4n) is 1.10. The molecule has 1 aromatic rings. The molecule has 0 radical (unpaired) electrons. The van der Waals surface area contributed by atoms with Crippen molar-refractivity contribution in [1.82, 2.24) is 5.01 Å². The van der Waals surface area contributed by atoms with Crippen molar-refractivity contribution >= 4 is 23.2 Å². The maximum absolute atomic E-state index is 11.6. The topological polar surface area (TPSA) is 81.6 Å². The van der Waals surface area contributed by atoms with Crippen LogP contribution in [0.25, 0.3) is 0 Å². The second-order valence-corrected chi connectivity index (χ2v) is 3.39. The van der Waals surface area contributed by atoms with E-state index in [-0.39, 0.29) is 5.11 Å². The summed E-state index contributed by atoms with van der Waals surface area (Å²) in [6.07, 6.45) is 0. The molecular weight excluding hydrogens is 226 g/mol. The van der Waals surface area contributed by atoms with E-state index in [0.717, 1.165) is 5.01 Å². The van der Waals surface area contributed by atoms with Crippen LogP contribution < -0.4 is 16.3 Å². The van der Waals surface area contributed by atoms with Crippen molar-refractivity contribution in [2.75, 3.05) is 6.61 Å². The first-order valence-electron chi connectivity index (χ1n) is 4.67. The van der Waals surface area contributed by atoms with Gasteiger partial charge in [0.25, 0.3) is 5.91 Å². The lowest BCUT2D eigenvalue weighted by Gasteiger charge is -2.14. The molecule has 0 saturated carbocycles. The summed E-state index contributed by atoms with van der Waals surface area (Å²) < 4.78 is 5.24. The Morgan fingerprint density at radius 3 is 2.44 bits per heavy atom. The number of rotatable bonds is 3. The summed E-state index contributed by atoms with van der Waals surface area (Å²) in [6, 6.07) is 6.57. The highest BCUT2D eigenvalue weighted by atomic mass is 32.1. The maximum Gasteiger partial charge on any atom is 0.274 e. The Bertz CT molecular complexity index is 392. The molecule has 86 valence electrons. The molecule has 0 heterocycles. The van der Waals surface area contributed by atoms with Gasteiger partial charge in [-0.15, -0.1) is 0 Å². The molecule has 5 nitrogen and oxygen atoms in total. The van der Waals surface area contributed by atoms with Gasteiger partial charge in [-0.05, 0) is 43.4 Å². The lowest BCUT2D eigenvalue weighted by molar-refractivity contribution is 0.0848. The first-order chi connectivity index (χ1) is 7.56. The minimum atomic E-state index is -0.449.